The fraction of sp³-hybridized carbons (Fsp3) is 0.619. The smallest absolute Gasteiger partial charge is 0.224 e. The highest BCUT2D eigenvalue weighted by atomic mass is 16.5. The first-order valence-electron chi connectivity index (χ1n) is 9.87. The van der Waals surface area contributed by atoms with Crippen molar-refractivity contribution in [2.24, 2.45) is 0 Å². The van der Waals surface area contributed by atoms with E-state index in [4.69, 9.17) is 9.47 Å². The molecule has 1 aromatic carbocycles. The van der Waals surface area contributed by atoms with Crippen molar-refractivity contribution in [2.45, 2.75) is 52.0 Å². The lowest BCUT2D eigenvalue weighted by Crippen LogP contribution is -2.45. The molecular formula is C21H32N2O4. The molecule has 0 bridgehead atoms. The third-order valence-electron chi connectivity index (χ3n) is 5.15. The van der Waals surface area contributed by atoms with Crippen molar-refractivity contribution in [2.75, 3.05) is 33.4 Å². The van der Waals surface area contributed by atoms with Crippen LogP contribution in [-0.2, 0) is 9.59 Å². The number of carbonyl (C=O) groups excluding carboxylic acids is 2. The predicted molar refractivity (Wildman–Crippen MR) is 105 cm³/mol. The van der Waals surface area contributed by atoms with Crippen LogP contribution in [0.3, 0.4) is 0 Å². The highest BCUT2D eigenvalue weighted by Crippen LogP contribution is 2.20. The molecule has 0 aromatic heterocycles. The van der Waals surface area contributed by atoms with E-state index in [1.807, 2.05) is 29.2 Å². The number of carbonyl (C=O) groups is 2. The number of methoxy groups -OCH3 is 1. The Hall–Kier alpha value is -2.24. The van der Waals surface area contributed by atoms with E-state index in [9.17, 15) is 9.59 Å². The molecule has 0 saturated carbocycles. The van der Waals surface area contributed by atoms with E-state index < -0.39 is 0 Å². The summed E-state index contributed by atoms with van der Waals surface area (Å²) in [5, 5.41) is 0. The highest BCUT2D eigenvalue weighted by Gasteiger charge is 2.25. The zero-order chi connectivity index (χ0) is 19.6. The van der Waals surface area contributed by atoms with E-state index >= 15 is 0 Å². The summed E-state index contributed by atoms with van der Waals surface area (Å²) < 4.78 is 10.8. The van der Waals surface area contributed by atoms with E-state index in [2.05, 4.69) is 6.92 Å². The Balaban J connectivity index is 1.78. The molecule has 150 valence electrons. The number of benzene rings is 1. The van der Waals surface area contributed by atoms with Gasteiger partial charge in [-0.15, -0.1) is 0 Å². The van der Waals surface area contributed by atoms with Crippen molar-refractivity contribution in [1.82, 2.24) is 9.80 Å². The molecule has 27 heavy (non-hydrogen) atoms. The third-order valence-corrected chi connectivity index (χ3v) is 5.15. The van der Waals surface area contributed by atoms with Crippen LogP contribution in [0.25, 0.3) is 0 Å². The number of hydrogen-bond acceptors (Lipinski definition) is 4. The first-order valence-corrected chi connectivity index (χ1v) is 9.87. The average Bonchev–Trinajstić information content (AvgIpc) is 2.70. The number of rotatable bonds is 9. The van der Waals surface area contributed by atoms with Gasteiger partial charge in [0.15, 0.2) is 0 Å². The van der Waals surface area contributed by atoms with Gasteiger partial charge in [0, 0.05) is 32.5 Å². The van der Waals surface area contributed by atoms with E-state index in [1.165, 1.54) is 13.3 Å². The van der Waals surface area contributed by atoms with E-state index in [0.29, 0.717) is 32.2 Å². The summed E-state index contributed by atoms with van der Waals surface area (Å²) in [4.78, 5) is 28.2. The third kappa shape index (κ3) is 6.45. The van der Waals surface area contributed by atoms with Gasteiger partial charge in [0.05, 0.1) is 13.7 Å². The van der Waals surface area contributed by atoms with Crippen LogP contribution in [0.4, 0.5) is 0 Å². The second kappa shape index (κ2) is 10.8. The zero-order valence-corrected chi connectivity index (χ0v) is 16.8. The van der Waals surface area contributed by atoms with Gasteiger partial charge in [0.2, 0.25) is 11.8 Å². The largest absolute Gasteiger partial charge is 0.497 e. The normalized spacial score (nSPS) is 16.7. The highest BCUT2D eigenvalue weighted by molar-refractivity contribution is 5.78. The quantitative estimate of drug-likeness (QED) is 0.664. The minimum Gasteiger partial charge on any atom is -0.497 e. The van der Waals surface area contributed by atoms with Crippen molar-refractivity contribution in [3.8, 4) is 11.5 Å². The number of likely N-dealkylation sites (tertiary alicyclic amines) is 1. The topological polar surface area (TPSA) is 59.1 Å². The van der Waals surface area contributed by atoms with Crippen LogP contribution in [0.2, 0.25) is 0 Å². The zero-order valence-electron chi connectivity index (χ0n) is 16.8. The molecule has 1 heterocycles. The average molecular weight is 376 g/mol. The first kappa shape index (κ1) is 21.1. The molecule has 1 aliphatic rings. The van der Waals surface area contributed by atoms with Crippen LogP contribution < -0.4 is 9.47 Å². The summed E-state index contributed by atoms with van der Waals surface area (Å²) in [6, 6.07) is 7.69. The number of amides is 2. The lowest BCUT2D eigenvalue weighted by Gasteiger charge is -2.35. The second-order valence-corrected chi connectivity index (χ2v) is 6.93. The Kier molecular flexibility index (Phi) is 8.43. The molecule has 2 amide bonds. The summed E-state index contributed by atoms with van der Waals surface area (Å²) in [5.41, 5.74) is 0. The van der Waals surface area contributed by atoms with Crippen molar-refractivity contribution in [3.05, 3.63) is 24.3 Å². The molecule has 1 atom stereocenters. The van der Waals surface area contributed by atoms with Crippen LogP contribution in [-0.4, -0.2) is 61.0 Å². The summed E-state index contributed by atoms with van der Waals surface area (Å²) >= 11 is 0. The molecule has 1 aliphatic heterocycles. The Morgan fingerprint density at radius 1 is 1.15 bits per heavy atom. The van der Waals surface area contributed by atoms with Crippen LogP contribution in [0, 0.1) is 0 Å². The number of ether oxygens (including phenoxy) is 2. The van der Waals surface area contributed by atoms with Gasteiger partial charge in [-0.1, -0.05) is 6.92 Å². The van der Waals surface area contributed by atoms with Crippen LogP contribution in [0.5, 0.6) is 11.5 Å². The maximum atomic E-state index is 12.6. The summed E-state index contributed by atoms with van der Waals surface area (Å²) in [7, 11) is 1.62. The molecule has 6 nitrogen and oxygen atoms in total. The molecule has 0 aliphatic carbocycles. The van der Waals surface area contributed by atoms with Gasteiger partial charge in [-0.3, -0.25) is 9.59 Å². The number of piperidine rings is 1. The van der Waals surface area contributed by atoms with Crippen LogP contribution in [0.1, 0.15) is 46.0 Å². The van der Waals surface area contributed by atoms with E-state index in [1.54, 1.807) is 12.0 Å². The molecular weight excluding hydrogens is 344 g/mol. The lowest BCUT2D eigenvalue weighted by molar-refractivity contribution is -0.136. The number of nitrogens with zero attached hydrogens (tertiary/aromatic N) is 2. The molecule has 2 rings (SSSR count). The van der Waals surface area contributed by atoms with E-state index in [0.717, 1.165) is 37.3 Å². The van der Waals surface area contributed by atoms with Gasteiger partial charge in [0.25, 0.3) is 0 Å². The Morgan fingerprint density at radius 2 is 1.85 bits per heavy atom. The molecule has 0 spiro atoms. The Labute approximate surface area is 162 Å². The van der Waals surface area contributed by atoms with Gasteiger partial charge in [-0.2, -0.15) is 0 Å². The monoisotopic (exact) mass is 376 g/mol. The van der Waals surface area contributed by atoms with Crippen molar-refractivity contribution in [1.29, 1.82) is 0 Å². The molecule has 0 radical (unpaired) electrons. The van der Waals surface area contributed by atoms with Gasteiger partial charge < -0.3 is 19.3 Å². The van der Waals surface area contributed by atoms with Gasteiger partial charge in [-0.25, -0.2) is 0 Å². The van der Waals surface area contributed by atoms with E-state index in [-0.39, 0.29) is 11.8 Å². The fourth-order valence-corrected chi connectivity index (χ4v) is 3.50. The van der Waals surface area contributed by atoms with Gasteiger partial charge >= 0.3 is 0 Å². The lowest BCUT2D eigenvalue weighted by atomic mass is 9.99. The molecule has 6 heteroatoms. The Morgan fingerprint density at radius 3 is 2.48 bits per heavy atom. The van der Waals surface area contributed by atoms with Crippen LogP contribution in [0.15, 0.2) is 24.3 Å². The van der Waals surface area contributed by atoms with Crippen molar-refractivity contribution in [3.63, 3.8) is 0 Å². The standard InChI is InChI=1S/C21H32N2O4/c1-4-18-7-5-6-13-23(18)21(25)12-14-22(17(2)24)15-16-27-20-10-8-19(26-3)9-11-20/h8-11,18H,4-7,12-16H2,1-3H3. The first-order chi connectivity index (χ1) is 13.0. The molecule has 1 fully saturated rings. The maximum Gasteiger partial charge on any atom is 0.224 e. The maximum absolute atomic E-state index is 12.6. The van der Waals surface area contributed by atoms with Crippen molar-refractivity contribution >= 4 is 11.8 Å². The summed E-state index contributed by atoms with van der Waals surface area (Å²) in [5.74, 6) is 1.62. The predicted octanol–water partition coefficient (Wildman–Crippen LogP) is 3.10. The molecule has 0 N–H and O–H groups in total. The van der Waals surface area contributed by atoms with Gasteiger partial charge in [-0.05, 0) is 49.9 Å². The van der Waals surface area contributed by atoms with Crippen molar-refractivity contribution < 1.29 is 19.1 Å². The Bertz CT molecular complexity index is 603. The second-order valence-electron chi connectivity index (χ2n) is 6.93. The summed E-state index contributed by atoms with van der Waals surface area (Å²) in [6.07, 6.45) is 4.74. The number of hydrogen-bond donors (Lipinski definition) is 0. The minimum atomic E-state index is -0.0354. The minimum absolute atomic E-state index is 0.0354. The fourth-order valence-electron chi connectivity index (χ4n) is 3.50. The molecule has 1 unspecified atom stereocenters. The molecule has 1 saturated heterocycles. The molecule has 1 aromatic rings. The van der Waals surface area contributed by atoms with Crippen LogP contribution >= 0.6 is 0 Å². The SMILES string of the molecule is CCC1CCCCN1C(=O)CCN(CCOc1ccc(OC)cc1)C(C)=O. The van der Waals surface area contributed by atoms with Gasteiger partial charge in [0.1, 0.15) is 18.1 Å². The summed E-state index contributed by atoms with van der Waals surface area (Å²) in [6.45, 7) is 5.81.